The number of hydrogen-bond acceptors (Lipinski definition) is 5. The molecule has 0 radical (unpaired) electrons. The van der Waals surface area contributed by atoms with E-state index in [1.54, 1.807) is 6.92 Å². The Morgan fingerprint density at radius 2 is 1.84 bits per heavy atom. The Balaban J connectivity index is 2.02. The fourth-order valence-electron chi connectivity index (χ4n) is 4.69. The number of urea groups is 1. The Morgan fingerprint density at radius 1 is 1.16 bits per heavy atom. The van der Waals surface area contributed by atoms with Crippen molar-refractivity contribution in [2.24, 2.45) is 5.92 Å². The molecule has 3 amide bonds. The van der Waals surface area contributed by atoms with E-state index in [0.29, 0.717) is 37.4 Å². The molecule has 1 fully saturated rings. The number of carbonyl (C=O) groups is 3. The summed E-state index contributed by atoms with van der Waals surface area (Å²) >= 11 is 0. The number of halogens is 3. The zero-order valence-electron chi connectivity index (χ0n) is 22.0. The molecule has 1 aromatic carbocycles. The van der Waals surface area contributed by atoms with Crippen LogP contribution < -0.4 is 5.32 Å². The largest absolute Gasteiger partial charge is 0.463 e. The molecule has 8 nitrogen and oxygen atoms in total. The zero-order valence-corrected chi connectivity index (χ0v) is 22.0. The van der Waals surface area contributed by atoms with Gasteiger partial charge in [-0.05, 0) is 31.0 Å². The number of carbonyl (C=O) groups excluding carboxylic acids is 3. The summed E-state index contributed by atoms with van der Waals surface area (Å²) in [5, 5.41) is 2.76. The number of nitrogens with zero attached hydrogens (tertiary/aromatic N) is 3. The third-order valence-electron chi connectivity index (χ3n) is 6.58. The average molecular weight is 537 g/mol. The molecule has 3 rings (SSSR count). The first-order valence-electron chi connectivity index (χ1n) is 12.7. The summed E-state index contributed by atoms with van der Waals surface area (Å²) in [7, 11) is 0. The number of hydrogen-bond donors (Lipinski definition) is 1. The molecule has 1 saturated heterocycles. The molecular formula is C27H35F3N4O4. The van der Waals surface area contributed by atoms with Crippen LogP contribution in [0.25, 0.3) is 0 Å². The molecule has 0 bridgehead atoms. The number of rotatable bonds is 8. The average Bonchev–Trinajstić information content (AvgIpc) is 3.10. The monoisotopic (exact) mass is 536 g/mol. The summed E-state index contributed by atoms with van der Waals surface area (Å²) in [6.45, 7) is 11.8. The van der Waals surface area contributed by atoms with E-state index in [1.165, 1.54) is 23.1 Å². The first-order chi connectivity index (χ1) is 18.0. The van der Waals surface area contributed by atoms with Crippen LogP contribution in [0.5, 0.6) is 0 Å². The summed E-state index contributed by atoms with van der Waals surface area (Å²) in [6, 6.07) is 2.88. The van der Waals surface area contributed by atoms with Crippen molar-refractivity contribution < 1.29 is 32.3 Å². The van der Waals surface area contributed by atoms with Gasteiger partial charge in [0.15, 0.2) is 0 Å². The number of ether oxygens (including phenoxy) is 1. The molecule has 0 spiro atoms. The molecule has 2 aliphatic heterocycles. The van der Waals surface area contributed by atoms with Crippen molar-refractivity contribution in [3.8, 4) is 0 Å². The topological polar surface area (TPSA) is 82.2 Å². The molecule has 1 atom stereocenters. The minimum atomic E-state index is -4.52. The van der Waals surface area contributed by atoms with E-state index in [0.717, 1.165) is 18.6 Å². The van der Waals surface area contributed by atoms with Crippen LogP contribution >= 0.6 is 0 Å². The van der Waals surface area contributed by atoms with Gasteiger partial charge in [-0.2, -0.15) is 13.2 Å². The lowest BCUT2D eigenvalue weighted by Crippen LogP contribution is -2.51. The van der Waals surface area contributed by atoms with E-state index in [2.05, 4.69) is 16.8 Å². The smallest absolute Gasteiger partial charge is 0.416 e. The summed E-state index contributed by atoms with van der Waals surface area (Å²) in [6.07, 6.45) is -2.26. The van der Waals surface area contributed by atoms with Gasteiger partial charge in [-0.25, -0.2) is 9.59 Å². The van der Waals surface area contributed by atoms with Gasteiger partial charge in [0.25, 0.3) is 0 Å². The van der Waals surface area contributed by atoms with Gasteiger partial charge < -0.3 is 15.0 Å². The van der Waals surface area contributed by atoms with Crippen LogP contribution in [0.3, 0.4) is 0 Å². The summed E-state index contributed by atoms with van der Waals surface area (Å²) in [5.74, 6) is -0.701. The van der Waals surface area contributed by atoms with Crippen molar-refractivity contribution in [2.45, 2.75) is 39.4 Å². The second-order valence-electron chi connectivity index (χ2n) is 9.59. The molecule has 1 aromatic rings. The van der Waals surface area contributed by atoms with Gasteiger partial charge in [-0.15, -0.1) is 6.58 Å². The highest BCUT2D eigenvalue weighted by molar-refractivity contribution is 5.95. The molecule has 2 heterocycles. The van der Waals surface area contributed by atoms with E-state index >= 15 is 0 Å². The summed E-state index contributed by atoms with van der Waals surface area (Å²) < 4.78 is 44.8. The van der Waals surface area contributed by atoms with E-state index in [4.69, 9.17) is 4.74 Å². The fraction of sp³-hybridized carbons (Fsp3) is 0.519. The molecule has 1 N–H and O–H groups in total. The van der Waals surface area contributed by atoms with Gasteiger partial charge in [-0.3, -0.25) is 14.6 Å². The molecule has 0 unspecified atom stereocenters. The maximum absolute atomic E-state index is 13.3. The summed E-state index contributed by atoms with van der Waals surface area (Å²) in [4.78, 5) is 44.3. The molecule has 2 aliphatic rings. The highest BCUT2D eigenvalue weighted by Crippen LogP contribution is 2.35. The van der Waals surface area contributed by atoms with E-state index in [-0.39, 0.29) is 37.1 Å². The van der Waals surface area contributed by atoms with Crippen molar-refractivity contribution in [3.63, 3.8) is 0 Å². The van der Waals surface area contributed by atoms with Gasteiger partial charge in [0.05, 0.1) is 23.8 Å². The second-order valence-corrected chi connectivity index (χ2v) is 9.59. The van der Waals surface area contributed by atoms with Gasteiger partial charge in [0.2, 0.25) is 5.91 Å². The highest BCUT2D eigenvalue weighted by atomic mass is 19.4. The maximum Gasteiger partial charge on any atom is 0.416 e. The van der Waals surface area contributed by atoms with Gasteiger partial charge in [-0.1, -0.05) is 32.1 Å². The van der Waals surface area contributed by atoms with E-state index in [9.17, 15) is 27.6 Å². The minimum Gasteiger partial charge on any atom is -0.463 e. The molecule has 208 valence electrons. The maximum atomic E-state index is 13.3. The second kappa shape index (κ2) is 12.5. The third-order valence-corrected chi connectivity index (χ3v) is 6.58. The van der Waals surface area contributed by atoms with Gasteiger partial charge in [0.1, 0.15) is 0 Å². The minimum absolute atomic E-state index is 0.0750. The van der Waals surface area contributed by atoms with Gasteiger partial charge >= 0.3 is 18.2 Å². The Morgan fingerprint density at radius 3 is 2.42 bits per heavy atom. The number of amides is 3. The third kappa shape index (κ3) is 6.75. The molecule has 0 saturated carbocycles. The van der Waals surface area contributed by atoms with Crippen molar-refractivity contribution >= 4 is 17.9 Å². The lowest BCUT2D eigenvalue weighted by Gasteiger charge is -2.38. The van der Waals surface area contributed by atoms with E-state index in [1.807, 2.05) is 18.7 Å². The first kappa shape index (κ1) is 29.2. The van der Waals surface area contributed by atoms with Crippen LogP contribution in [0.1, 0.15) is 44.4 Å². The van der Waals surface area contributed by atoms with Crippen LogP contribution in [-0.2, 0) is 20.5 Å². The molecular weight excluding hydrogens is 501 g/mol. The standard InChI is InChI=1S/C27H35F3N4O4/c1-5-12-34-21(17-32-13-7-14-33(16-15-32)24(35)18(3)4)22(25(36)38-6-2)23(31-26(34)37)19-8-10-20(11-9-19)27(28,29)30/h5,8-11,18,23H,1,6-7,12-17H2,2-4H3,(H,31,37)/t23-/m1/s1. The summed E-state index contributed by atoms with van der Waals surface area (Å²) in [5.41, 5.74) is 0.0615. The predicted octanol–water partition coefficient (Wildman–Crippen LogP) is 3.97. The Kier molecular flexibility index (Phi) is 9.59. The normalized spacial score (nSPS) is 19.3. The molecule has 38 heavy (non-hydrogen) atoms. The number of nitrogens with one attached hydrogen (secondary N) is 1. The van der Waals surface area contributed by atoms with Gasteiger partial charge in [0, 0.05) is 50.9 Å². The van der Waals surface area contributed by atoms with Crippen molar-refractivity contribution in [2.75, 3.05) is 45.9 Å². The number of esters is 1. The first-order valence-corrected chi connectivity index (χ1v) is 12.7. The van der Waals surface area contributed by atoms with Crippen molar-refractivity contribution in [1.82, 2.24) is 20.0 Å². The van der Waals surface area contributed by atoms with Crippen LogP contribution in [0, 0.1) is 5.92 Å². The van der Waals surface area contributed by atoms with Crippen LogP contribution in [0.4, 0.5) is 18.0 Å². The highest BCUT2D eigenvalue weighted by Gasteiger charge is 2.39. The quantitative estimate of drug-likeness (QED) is 0.402. The SMILES string of the molecule is C=CCN1C(=O)N[C@H](c2ccc(C(F)(F)F)cc2)C(C(=O)OCC)=C1CN1CCCN(C(=O)C(C)C)CC1. The Hall–Kier alpha value is -3.34. The fourth-order valence-corrected chi connectivity index (χ4v) is 4.69. The van der Waals surface area contributed by atoms with Crippen molar-refractivity contribution in [3.05, 3.63) is 59.3 Å². The lowest BCUT2D eigenvalue weighted by atomic mass is 9.93. The van der Waals surface area contributed by atoms with E-state index < -0.39 is 29.8 Å². The van der Waals surface area contributed by atoms with Crippen LogP contribution in [-0.4, -0.2) is 78.5 Å². The lowest BCUT2D eigenvalue weighted by molar-refractivity contribution is -0.139. The molecule has 0 aromatic heterocycles. The zero-order chi connectivity index (χ0) is 28.0. The van der Waals surface area contributed by atoms with Crippen molar-refractivity contribution in [1.29, 1.82) is 0 Å². The van der Waals surface area contributed by atoms with Crippen LogP contribution in [0.2, 0.25) is 0 Å². The number of alkyl halides is 3. The Labute approximate surface area is 221 Å². The van der Waals surface area contributed by atoms with Crippen LogP contribution in [0.15, 0.2) is 48.2 Å². The molecule has 0 aliphatic carbocycles. The number of benzene rings is 1. The molecule has 11 heteroatoms. The predicted molar refractivity (Wildman–Crippen MR) is 136 cm³/mol. The Bertz CT molecular complexity index is 1070.